The summed E-state index contributed by atoms with van der Waals surface area (Å²) < 4.78 is 5.29. The van der Waals surface area contributed by atoms with E-state index in [-0.39, 0.29) is 5.54 Å². The molecule has 3 rings (SSSR count). The molecule has 0 aliphatic carbocycles. The highest BCUT2D eigenvalue weighted by atomic mass is 16.6. The predicted molar refractivity (Wildman–Crippen MR) is 114 cm³/mol. The minimum absolute atomic E-state index is 0.122. The second-order valence-electron chi connectivity index (χ2n) is 8.70. The van der Waals surface area contributed by atoms with Crippen molar-refractivity contribution in [2.24, 2.45) is 0 Å². The summed E-state index contributed by atoms with van der Waals surface area (Å²) in [5.74, 6) is 0.917. The number of benzene rings is 2. The lowest BCUT2D eigenvalue weighted by molar-refractivity contribution is -0.0421. The Kier molecular flexibility index (Phi) is 7.11. The van der Waals surface area contributed by atoms with Gasteiger partial charge in [0.05, 0.1) is 13.7 Å². The van der Waals surface area contributed by atoms with Crippen LogP contribution in [0.4, 0.5) is 0 Å². The fourth-order valence-corrected chi connectivity index (χ4v) is 4.01. The Morgan fingerprint density at radius 2 is 1.68 bits per heavy atom. The van der Waals surface area contributed by atoms with E-state index < -0.39 is 0 Å². The van der Waals surface area contributed by atoms with Crippen LogP contribution in [0.5, 0.6) is 5.75 Å². The first kappa shape index (κ1) is 20.8. The van der Waals surface area contributed by atoms with Crippen LogP contribution < -0.4 is 10.2 Å². The second kappa shape index (κ2) is 9.55. The Morgan fingerprint density at radius 1 is 0.964 bits per heavy atom. The van der Waals surface area contributed by atoms with Crippen molar-refractivity contribution in [1.82, 2.24) is 10.4 Å². The molecule has 1 saturated heterocycles. The molecule has 2 atom stereocenters. The van der Waals surface area contributed by atoms with Crippen molar-refractivity contribution in [1.29, 1.82) is 0 Å². The van der Waals surface area contributed by atoms with E-state index in [1.54, 1.807) is 7.11 Å². The van der Waals surface area contributed by atoms with E-state index in [1.807, 2.05) is 18.2 Å². The molecule has 1 N–H and O–H groups in total. The van der Waals surface area contributed by atoms with Crippen molar-refractivity contribution >= 4 is 0 Å². The largest absolute Gasteiger partial charge is 0.497 e. The number of rotatable bonds is 7. The molecule has 4 heteroatoms. The normalized spacial score (nSPS) is 20.9. The zero-order valence-electron chi connectivity index (χ0n) is 17.7. The zero-order chi connectivity index (χ0) is 20.0. The Balaban J connectivity index is 1.56. The van der Waals surface area contributed by atoms with Crippen molar-refractivity contribution in [3.63, 3.8) is 0 Å². The monoisotopic (exact) mass is 382 g/mol. The number of piperidine rings is 1. The SMILES string of the molecule is COc1ccc(C[C@@H]2CC[C@@H](NOCc3ccccc3)CN2C(C)(C)C)cc1. The Labute approximate surface area is 169 Å². The highest BCUT2D eigenvalue weighted by molar-refractivity contribution is 5.27. The molecule has 4 nitrogen and oxygen atoms in total. The summed E-state index contributed by atoms with van der Waals surface area (Å²) in [6.45, 7) is 8.52. The maximum Gasteiger partial charge on any atom is 0.118 e. The van der Waals surface area contributed by atoms with Crippen molar-refractivity contribution < 1.29 is 9.57 Å². The van der Waals surface area contributed by atoms with E-state index in [0.29, 0.717) is 18.7 Å². The number of ether oxygens (including phenoxy) is 1. The standard InChI is InChI=1S/C24H34N2O2/c1-24(2,3)26-17-21(25-28-18-20-8-6-5-7-9-20)12-13-22(26)16-19-10-14-23(27-4)15-11-19/h5-11,14-15,21-22,25H,12-13,16-18H2,1-4H3/t21-,22+/m1/s1. The van der Waals surface area contributed by atoms with Gasteiger partial charge in [-0.25, -0.2) is 0 Å². The molecule has 0 unspecified atom stereocenters. The molecular formula is C24H34N2O2. The molecular weight excluding hydrogens is 348 g/mol. The summed E-state index contributed by atoms with van der Waals surface area (Å²) in [7, 11) is 1.71. The van der Waals surface area contributed by atoms with Gasteiger partial charge in [-0.3, -0.25) is 9.74 Å². The van der Waals surface area contributed by atoms with Crippen molar-refractivity contribution in [2.75, 3.05) is 13.7 Å². The molecule has 0 bridgehead atoms. The van der Waals surface area contributed by atoms with Crippen LogP contribution in [0.2, 0.25) is 0 Å². The highest BCUT2D eigenvalue weighted by Gasteiger charge is 2.35. The van der Waals surface area contributed by atoms with Gasteiger partial charge in [-0.1, -0.05) is 42.5 Å². The van der Waals surface area contributed by atoms with Crippen LogP contribution >= 0.6 is 0 Å². The van der Waals surface area contributed by atoms with Gasteiger partial charge in [-0.05, 0) is 63.3 Å². The fourth-order valence-electron chi connectivity index (χ4n) is 4.01. The van der Waals surface area contributed by atoms with Crippen molar-refractivity contribution in [2.45, 2.75) is 64.3 Å². The maximum absolute atomic E-state index is 5.81. The Morgan fingerprint density at radius 3 is 2.32 bits per heavy atom. The van der Waals surface area contributed by atoms with Crippen LogP contribution in [-0.2, 0) is 17.9 Å². The van der Waals surface area contributed by atoms with Gasteiger partial charge in [-0.2, -0.15) is 5.48 Å². The quantitative estimate of drug-likeness (QED) is 0.710. The number of hydrogen-bond acceptors (Lipinski definition) is 4. The van der Waals surface area contributed by atoms with E-state index in [2.05, 4.69) is 67.5 Å². The Hall–Kier alpha value is -1.88. The van der Waals surface area contributed by atoms with Gasteiger partial charge in [-0.15, -0.1) is 0 Å². The summed E-state index contributed by atoms with van der Waals surface area (Å²) in [4.78, 5) is 8.44. The summed E-state index contributed by atoms with van der Waals surface area (Å²) in [6, 6.07) is 19.7. The average molecular weight is 383 g/mol. The van der Waals surface area contributed by atoms with Crippen molar-refractivity contribution in [3.05, 3.63) is 65.7 Å². The topological polar surface area (TPSA) is 33.7 Å². The lowest BCUT2D eigenvalue weighted by Gasteiger charge is -2.47. The van der Waals surface area contributed by atoms with Gasteiger partial charge in [0, 0.05) is 24.2 Å². The van der Waals surface area contributed by atoms with Crippen molar-refractivity contribution in [3.8, 4) is 5.75 Å². The summed E-state index contributed by atoms with van der Waals surface area (Å²) >= 11 is 0. The third-order valence-electron chi connectivity index (χ3n) is 5.53. The van der Waals surface area contributed by atoms with Gasteiger partial charge in [0.2, 0.25) is 0 Å². The second-order valence-corrected chi connectivity index (χ2v) is 8.70. The highest BCUT2D eigenvalue weighted by Crippen LogP contribution is 2.28. The third-order valence-corrected chi connectivity index (χ3v) is 5.53. The summed E-state index contributed by atoms with van der Waals surface area (Å²) in [5, 5.41) is 0. The third kappa shape index (κ3) is 5.81. The number of hydroxylamine groups is 1. The molecule has 152 valence electrons. The summed E-state index contributed by atoms with van der Waals surface area (Å²) in [6.07, 6.45) is 3.36. The minimum atomic E-state index is 0.122. The van der Waals surface area contributed by atoms with Gasteiger partial charge in [0.25, 0.3) is 0 Å². The molecule has 0 amide bonds. The average Bonchev–Trinajstić information content (AvgIpc) is 2.69. The van der Waals surface area contributed by atoms with Crippen LogP contribution in [0.15, 0.2) is 54.6 Å². The molecule has 1 aliphatic heterocycles. The van der Waals surface area contributed by atoms with Gasteiger partial charge < -0.3 is 4.74 Å². The van der Waals surface area contributed by atoms with E-state index in [1.165, 1.54) is 11.1 Å². The van der Waals surface area contributed by atoms with E-state index >= 15 is 0 Å². The smallest absolute Gasteiger partial charge is 0.118 e. The van der Waals surface area contributed by atoms with Crippen LogP contribution in [-0.4, -0.2) is 36.2 Å². The van der Waals surface area contributed by atoms with Crippen LogP contribution in [0.1, 0.15) is 44.7 Å². The number of methoxy groups -OCH3 is 1. The zero-order valence-corrected chi connectivity index (χ0v) is 17.7. The number of likely N-dealkylation sites (tertiary alicyclic amines) is 1. The van der Waals surface area contributed by atoms with E-state index in [0.717, 1.165) is 31.6 Å². The number of nitrogens with zero attached hydrogens (tertiary/aromatic N) is 1. The molecule has 1 heterocycles. The fraction of sp³-hybridized carbons (Fsp3) is 0.500. The van der Waals surface area contributed by atoms with E-state index in [4.69, 9.17) is 9.57 Å². The van der Waals surface area contributed by atoms with Gasteiger partial charge in [0.1, 0.15) is 5.75 Å². The molecule has 0 aromatic heterocycles. The van der Waals surface area contributed by atoms with Gasteiger partial charge in [0.15, 0.2) is 0 Å². The summed E-state index contributed by atoms with van der Waals surface area (Å²) in [5.41, 5.74) is 5.99. The molecule has 28 heavy (non-hydrogen) atoms. The molecule has 2 aromatic rings. The number of nitrogens with one attached hydrogen (secondary N) is 1. The molecule has 1 fully saturated rings. The molecule has 0 spiro atoms. The van der Waals surface area contributed by atoms with Crippen LogP contribution in [0, 0.1) is 0 Å². The predicted octanol–water partition coefficient (Wildman–Crippen LogP) is 4.59. The first-order valence-corrected chi connectivity index (χ1v) is 10.3. The molecule has 0 saturated carbocycles. The minimum Gasteiger partial charge on any atom is -0.497 e. The molecule has 0 radical (unpaired) electrons. The van der Waals surface area contributed by atoms with Gasteiger partial charge >= 0.3 is 0 Å². The molecule has 1 aliphatic rings. The lowest BCUT2D eigenvalue weighted by Crippen LogP contribution is -2.57. The Bertz CT molecular complexity index is 710. The van der Waals surface area contributed by atoms with Crippen LogP contribution in [0.3, 0.4) is 0 Å². The first-order valence-electron chi connectivity index (χ1n) is 10.3. The maximum atomic E-state index is 5.81. The van der Waals surface area contributed by atoms with Crippen LogP contribution in [0.25, 0.3) is 0 Å². The number of hydrogen-bond donors (Lipinski definition) is 1. The molecule has 2 aromatic carbocycles. The van der Waals surface area contributed by atoms with E-state index in [9.17, 15) is 0 Å². The first-order chi connectivity index (χ1) is 13.5. The lowest BCUT2D eigenvalue weighted by atomic mass is 9.89.